The Kier molecular flexibility index (Phi) is 6.33. The molecule has 2 N–H and O–H groups in total. The summed E-state index contributed by atoms with van der Waals surface area (Å²) in [5, 5.41) is 10.6. The molecule has 1 amide bonds. The van der Waals surface area contributed by atoms with Crippen LogP contribution in [-0.2, 0) is 4.79 Å². The minimum absolute atomic E-state index is 0.169. The Balaban J connectivity index is 2.00. The maximum atomic E-state index is 12.1. The Hall–Kier alpha value is -1.93. The average Bonchev–Trinajstić information content (AvgIpc) is 3.02. The van der Waals surface area contributed by atoms with E-state index in [-0.39, 0.29) is 17.6 Å². The minimum Gasteiger partial charge on any atom is -0.495 e. The minimum atomic E-state index is -0.213. The van der Waals surface area contributed by atoms with Crippen molar-refractivity contribution in [1.29, 1.82) is 0 Å². The van der Waals surface area contributed by atoms with Crippen LogP contribution in [0.5, 0.6) is 11.5 Å². The monoisotopic (exact) mass is 370 g/mol. The zero-order chi connectivity index (χ0) is 17.7. The first-order valence-corrected chi connectivity index (χ1v) is 8.57. The van der Waals surface area contributed by atoms with Gasteiger partial charge in [-0.1, -0.05) is 37.2 Å². The van der Waals surface area contributed by atoms with Crippen LogP contribution in [0.1, 0.15) is 25.6 Å². The molecular weight excluding hydrogens is 352 g/mol. The maximum absolute atomic E-state index is 12.1. The topological polar surface area (TPSA) is 89.1 Å². The van der Waals surface area contributed by atoms with E-state index in [1.807, 2.05) is 13.8 Å². The lowest BCUT2D eigenvalue weighted by Gasteiger charge is -2.12. The van der Waals surface area contributed by atoms with E-state index < -0.39 is 0 Å². The molecule has 0 saturated heterocycles. The number of methoxy groups -OCH3 is 2. The fourth-order valence-electron chi connectivity index (χ4n) is 1.86. The van der Waals surface area contributed by atoms with Gasteiger partial charge in [-0.05, 0) is 6.07 Å². The first-order chi connectivity index (χ1) is 11.4. The van der Waals surface area contributed by atoms with Gasteiger partial charge in [0, 0.05) is 12.0 Å². The van der Waals surface area contributed by atoms with Gasteiger partial charge in [0.15, 0.2) is 0 Å². The maximum Gasteiger partial charge on any atom is 0.234 e. The van der Waals surface area contributed by atoms with Crippen LogP contribution in [0.2, 0.25) is 5.02 Å². The highest BCUT2D eigenvalue weighted by Gasteiger charge is 2.14. The number of thioether (sulfide) groups is 1. The van der Waals surface area contributed by atoms with Crippen molar-refractivity contribution in [2.75, 3.05) is 25.3 Å². The van der Waals surface area contributed by atoms with Crippen LogP contribution < -0.4 is 14.8 Å². The quantitative estimate of drug-likeness (QED) is 0.726. The van der Waals surface area contributed by atoms with Crippen LogP contribution in [0, 0.1) is 0 Å². The number of aromatic amines is 1. The van der Waals surface area contributed by atoms with Gasteiger partial charge >= 0.3 is 0 Å². The number of amides is 1. The molecule has 0 fully saturated rings. The van der Waals surface area contributed by atoms with Crippen molar-refractivity contribution >= 4 is 35.0 Å². The molecule has 0 unspecified atom stereocenters. The summed E-state index contributed by atoms with van der Waals surface area (Å²) in [6, 6.07) is 3.21. The van der Waals surface area contributed by atoms with Crippen molar-refractivity contribution in [2.45, 2.75) is 24.9 Å². The lowest BCUT2D eigenvalue weighted by Crippen LogP contribution is -2.15. The predicted molar refractivity (Wildman–Crippen MR) is 94.4 cm³/mol. The van der Waals surface area contributed by atoms with E-state index >= 15 is 0 Å². The highest BCUT2D eigenvalue weighted by Crippen LogP contribution is 2.36. The fraction of sp³-hybridized carbons (Fsp3) is 0.400. The smallest absolute Gasteiger partial charge is 0.234 e. The Morgan fingerprint density at radius 2 is 2.04 bits per heavy atom. The summed E-state index contributed by atoms with van der Waals surface area (Å²) in [5.41, 5.74) is 0.478. The number of anilines is 1. The van der Waals surface area contributed by atoms with Crippen LogP contribution in [0.3, 0.4) is 0 Å². The summed E-state index contributed by atoms with van der Waals surface area (Å²) in [7, 11) is 3.02. The lowest BCUT2D eigenvalue weighted by molar-refractivity contribution is -0.113. The van der Waals surface area contributed by atoms with Crippen molar-refractivity contribution in [2.24, 2.45) is 0 Å². The number of nitrogens with zero attached hydrogens (tertiary/aromatic N) is 2. The number of carbonyl (C=O) groups excluding carboxylic acids is 1. The molecule has 0 aliphatic heterocycles. The van der Waals surface area contributed by atoms with Gasteiger partial charge in [-0.15, -0.1) is 5.10 Å². The number of H-pyrrole nitrogens is 1. The summed E-state index contributed by atoms with van der Waals surface area (Å²) in [6.45, 7) is 4.03. The number of hydrogen-bond donors (Lipinski definition) is 2. The number of nitrogens with one attached hydrogen (secondary N) is 2. The Labute approximate surface area is 149 Å². The number of rotatable bonds is 7. The summed E-state index contributed by atoms with van der Waals surface area (Å²) in [4.78, 5) is 16.4. The predicted octanol–water partition coefficient (Wildman–Crippen LogP) is 3.33. The van der Waals surface area contributed by atoms with Gasteiger partial charge in [-0.2, -0.15) is 0 Å². The van der Waals surface area contributed by atoms with Crippen molar-refractivity contribution in [3.63, 3.8) is 0 Å². The first-order valence-electron chi connectivity index (χ1n) is 7.21. The number of aromatic nitrogens is 3. The standard InChI is InChI=1S/C15H19ClN4O3S/c1-8(2)14-18-15(20-19-14)24-7-13(21)17-10-5-9(16)11(22-3)6-12(10)23-4/h5-6,8H,7H2,1-4H3,(H,17,21)(H,18,19,20). The average molecular weight is 371 g/mol. The molecule has 2 aromatic rings. The van der Waals surface area contributed by atoms with Gasteiger partial charge in [-0.25, -0.2) is 4.98 Å². The molecule has 0 aliphatic rings. The van der Waals surface area contributed by atoms with E-state index in [4.69, 9.17) is 21.1 Å². The van der Waals surface area contributed by atoms with Crippen LogP contribution >= 0.6 is 23.4 Å². The van der Waals surface area contributed by atoms with Crippen LogP contribution in [0.25, 0.3) is 0 Å². The molecule has 1 heterocycles. The van der Waals surface area contributed by atoms with Crippen LogP contribution in [-0.4, -0.2) is 41.1 Å². The molecular formula is C15H19ClN4O3S. The molecule has 7 nitrogen and oxygen atoms in total. The fourth-order valence-corrected chi connectivity index (χ4v) is 2.70. The second-order valence-corrected chi connectivity index (χ2v) is 6.53. The Morgan fingerprint density at radius 1 is 1.33 bits per heavy atom. The van der Waals surface area contributed by atoms with Gasteiger partial charge in [0.1, 0.15) is 17.3 Å². The van der Waals surface area contributed by atoms with Crippen molar-refractivity contribution in [1.82, 2.24) is 15.2 Å². The van der Waals surface area contributed by atoms with E-state index in [2.05, 4.69) is 20.5 Å². The third-order valence-electron chi connectivity index (χ3n) is 3.11. The molecule has 9 heteroatoms. The SMILES string of the molecule is COc1cc(OC)c(NC(=O)CSc2n[nH]c(C(C)C)n2)cc1Cl. The molecule has 0 saturated carbocycles. The first kappa shape index (κ1) is 18.4. The molecule has 24 heavy (non-hydrogen) atoms. The van der Waals surface area contributed by atoms with E-state index in [9.17, 15) is 4.79 Å². The highest BCUT2D eigenvalue weighted by atomic mass is 35.5. The van der Waals surface area contributed by atoms with E-state index in [1.165, 1.54) is 26.0 Å². The summed E-state index contributed by atoms with van der Waals surface area (Å²) < 4.78 is 10.4. The molecule has 0 aliphatic carbocycles. The molecule has 0 atom stereocenters. The van der Waals surface area contributed by atoms with Crippen LogP contribution in [0.15, 0.2) is 17.3 Å². The summed E-state index contributed by atoms with van der Waals surface area (Å²) in [5.74, 6) is 1.95. The molecule has 130 valence electrons. The summed E-state index contributed by atoms with van der Waals surface area (Å²) in [6.07, 6.45) is 0. The van der Waals surface area contributed by atoms with Crippen molar-refractivity contribution < 1.29 is 14.3 Å². The lowest BCUT2D eigenvalue weighted by atomic mass is 10.2. The van der Waals surface area contributed by atoms with Crippen LogP contribution in [0.4, 0.5) is 5.69 Å². The van der Waals surface area contributed by atoms with Crippen molar-refractivity contribution in [3.05, 3.63) is 23.0 Å². The molecule has 0 bridgehead atoms. The highest BCUT2D eigenvalue weighted by molar-refractivity contribution is 7.99. The molecule has 1 aromatic carbocycles. The summed E-state index contributed by atoms with van der Waals surface area (Å²) >= 11 is 7.33. The van der Waals surface area contributed by atoms with Gasteiger partial charge in [-0.3, -0.25) is 9.89 Å². The normalized spacial score (nSPS) is 10.8. The zero-order valence-corrected chi connectivity index (χ0v) is 15.4. The number of ether oxygens (including phenoxy) is 2. The van der Waals surface area contributed by atoms with Gasteiger partial charge in [0.05, 0.1) is 30.7 Å². The van der Waals surface area contributed by atoms with Gasteiger partial charge in [0.2, 0.25) is 11.1 Å². The van der Waals surface area contributed by atoms with Gasteiger partial charge < -0.3 is 14.8 Å². The molecule has 2 rings (SSSR count). The Morgan fingerprint density at radius 3 is 2.62 bits per heavy atom. The second-order valence-electron chi connectivity index (χ2n) is 5.18. The van der Waals surface area contributed by atoms with Gasteiger partial charge in [0.25, 0.3) is 0 Å². The Bertz CT molecular complexity index is 721. The molecule has 0 radical (unpaired) electrons. The van der Waals surface area contributed by atoms with E-state index in [0.29, 0.717) is 27.4 Å². The third kappa shape index (κ3) is 4.55. The number of carbonyl (C=O) groups is 1. The number of benzene rings is 1. The van der Waals surface area contributed by atoms with E-state index in [1.54, 1.807) is 12.1 Å². The zero-order valence-electron chi connectivity index (χ0n) is 13.8. The largest absolute Gasteiger partial charge is 0.495 e. The number of halogens is 1. The molecule has 0 spiro atoms. The number of hydrogen-bond acceptors (Lipinski definition) is 6. The second kappa shape index (κ2) is 8.25. The molecule has 1 aromatic heterocycles. The van der Waals surface area contributed by atoms with E-state index in [0.717, 1.165) is 5.82 Å². The third-order valence-corrected chi connectivity index (χ3v) is 4.25. The van der Waals surface area contributed by atoms with Crippen molar-refractivity contribution in [3.8, 4) is 11.5 Å².